The van der Waals surface area contributed by atoms with Gasteiger partial charge in [0, 0.05) is 0 Å². The zero-order valence-electron chi connectivity index (χ0n) is 11.4. The number of hydrogen-bond acceptors (Lipinski definition) is 4. The van der Waals surface area contributed by atoms with Gasteiger partial charge in [-0.15, -0.1) is 5.10 Å². The molecule has 20 heavy (non-hydrogen) atoms. The third kappa shape index (κ3) is 1.40. The summed E-state index contributed by atoms with van der Waals surface area (Å²) in [5.74, 6) is 0.657. The highest BCUT2D eigenvalue weighted by atomic mass is 16.5. The van der Waals surface area contributed by atoms with Crippen molar-refractivity contribution in [3.63, 3.8) is 0 Å². The maximum Gasteiger partial charge on any atom is 0.225 e. The van der Waals surface area contributed by atoms with Crippen molar-refractivity contribution in [1.82, 2.24) is 19.8 Å². The van der Waals surface area contributed by atoms with Gasteiger partial charge >= 0.3 is 0 Å². The molecule has 1 aromatic carbocycles. The van der Waals surface area contributed by atoms with E-state index >= 15 is 0 Å². The topological polar surface area (TPSA) is 52.3 Å². The first kappa shape index (κ1) is 11.4. The molecule has 0 atom stereocenters. The maximum atomic E-state index is 5.52. The fourth-order valence-corrected chi connectivity index (χ4v) is 2.93. The van der Waals surface area contributed by atoms with Crippen molar-refractivity contribution in [2.75, 3.05) is 7.11 Å². The van der Waals surface area contributed by atoms with Gasteiger partial charge in [-0.2, -0.15) is 9.50 Å². The summed E-state index contributed by atoms with van der Waals surface area (Å²) in [5, 5.41) is 8.36. The molecule has 0 radical (unpaired) electrons. The highest BCUT2D eigenvalue weighted by molar-refractivity contribution is 5.77. The summed E-state index contributed by atoms with van der Waals surface area (Å²) < 4.78 is 7.37. The predicted octanol–water partition coefficient (Wildman–Crippen LogP) is 2.21. The predicted molar refractivity (Wildman–Crippen MR) is 74.9 cm³/mol. The van der Waals surface area contributed by atoms with Gasteiger partial charge in [0.2, 0.25) is 5.88 Å². The number of rotatable bonds is 1. The molecule has 0 bridgehead atoms. The molecular formula is C15H14N4O. The Labute approximate surface area is 116 Å². The average molecular weight is 266 g/mol. The van der Waals surface area contributed by atoms with E-state index < -0.39 is 0 Å². The molecule has 5 nitrogen and oxygen atoms in total. The standard InChI is InChI=1S/C15H14N4O/c1-9-14-16-15(20-2)13-11-6-4-3-5-10(11)7-8-12(13)19(14)18-17-9/h3-6H,7-8H2,1-2H3. The first-order valence-corrected chi connectivity index (χ1v) is 6.66. The van der Waals surface area contributed by atoms with Crippen molar-refractivity contribution in [3.8, 4) is 17.0 Å². The Kier molecular flexibility index (Phi) is 2.30. The summed E-state index contributed by atoms with van der Waals surface area (Å²) in [5.41, 5.74) is 6.30. The molecular weight excluding hydrogens is 252 g/mol. The van der Waals surface area contributed by atoms with Gasteiger partial charge in [0.25, 0.3) is 0 Å². The molecule has 0 aliphatic heterocycles. The van der Waals surface area contributed by atoms with Crippen LogP contribution in [-0.4, -0.2) is 26.9 Å². The van der Waals surface area contributed by atoms with Crippen LogP contribution in [0.15, 0.2) is 24.3 Å². The minimum Gasteiger partial charge on any atom is -0.480 e. The van der Waals surface area contributed by atoms with E-state index in [-0.39, 0.29) is 0 Å². The summed E-state index contributed by atoms with van der Waals surface area (Å²) >= 11 is 0. The first-order chi connectivity index (χ1) is 9.79. The number of hydrogen-bond donors (Lipinski definition) is 0. The van der Waals surface area contributed by atoms with Gasteiger partial charge in [-0.3, -0.25) is 0 Å². The van der Waals surface area contributed by atoms with Crippen molar-refractivity contribution in [2.24, 2.45) is 0 Å². The third-order valence-electron chi connectivity index (χ3n) is 3.89. The molecule has 4 rings (SSSR count). The molecule has 0 unspecified atom stereocenters. The van der Waals surface area contributed by atoms with Crippen LogP contribution in [0.25, 0.3) is 16.8 Å². The minimum absolute atomic E-state index is 0.657. The normalized spacial score (nSPS) is 13.1. The number of nitrogens with zero attached hydrogens (tertiary/aromatic N) is 4. The maximum absolute atomic E-state index is 5.52. The first-order valence-electron chi connectivity index (χ1n) is 6.66. The molecule has 0 spiro atoms. The lowest BCUT2D eigenvalue weighted by molar-refractivity contribution is 0.398. The molecule has 5 heteroatoms. The van der Waals surface area contributed by atoms with E-state index in [2.05, 4.69) is 33.5 Å². The quantitative estimate of drug-likeness (QED) is 0.677. The van der Waals surface area contributed by atoms with Crippen LogP contribution in [0.3, 0.4) is 0 Å². The van der Waals surface area contributed by atoms with Crippen LogP contribution in [-0.2, 0) is 12.8 Å². The Bertz CT molecular complexity index is 822. The van der Waals surface area contributed by atoms with Gasteiger partial charge in [0.15, 0.2) is 5.65 Å². The van der Waals surface area contributed by atoms with Gasteiger partial charge in [0.1, 0.15) is 5.69 Å². The van der Waals surface area contributed by atoms with E-state index in [0.717, 1.165) is 35.4 Å². The van der Waals surface area contributed by atoms with Crippen LogP contribution < -0.4 is 4.74 Å². The van der Waals surface area contributed by atoms with E-state index in [4.69, 9.17) is 4.74 Å². The van der Waals surface area contributed by atoms with Crippen LogP contribution in [0.2, 0.25) is 0 Å². The van der Waals surface area contributed by atoms with Crippen LogP contribution in [0.1, 0.15) is 17.0 Å². The number of fused-ring (bicyclic) bond motifs is 5. The molecule has 1 aliphatic rings. The minimum atomic E-state index is 0.657. The Hall–Kier alpha value is -2.43. The van der Waals surface area contributed by atoms with Crippen LogP contribution in [0.5, 0.6) is 5.88 Å². The molecule has 0 saturated carbocycles. The third-order valence-corrected chi connectivity index (χ3v) is 3.89. The Morgan fingerprint density at radius 1 is 1.20 bits per heavy atom. The SMILES string of the molecule is COc1nc2c(C)nnn2c2c1-c1ccccc1CC2. The largest absolute Gasteiger partial charge is 0.480 e. The van der Waals surface area contributed by atoms with Crippen molar-refractivity contribution in [3.05, 3.63) is 41.2 Å². The Morgan fingerprint density at radius 3 is 2.90 bits per heavy atom. The molecule has 2 heterocycles. The van der Waals surface area contributed by atoms with Crippen molar-refractivity contribution < 1.29 is 4.74 Å². The van der Waals surface area contributed by atoms with Crippen molar-refractivity contribution in [1.29, 1.82) is 0 Å². The number of methoxy groups -OCH3 is 1. The molecule has 2 aromatic heterocycles. The van der Waals surface area contributed by atoms with Crippen molar-refractivity contribution >= 4 is 5.65 Å². The second kappa shape index (κ2) is 4.03. The summed E-state index contributed by atoms with van der Waals surface area (Å²) in [6.07, 6.45) is 1.93. The highest BCUT2D eigenvalue weighted by Crippen LogP contribution is 2.39. The molecule has 1 aliphatic carbocycles. The van der Waals surface area contributed by atoms with Crippen LogP contribution in [0, 0.1) is 6.92 Å². The lowest BCUT2D eigenvalue weighted by Crippen LogP contribution is -2.12. The lowest BCUT2D eigenvalue weighted by atomic mass is 9.89. The zero-order valence-corrected chi connectivity index (χ0v) is 11.4. The molecule has 0 N–H and O–H groups in total. The van der Waals surface area contributed by atoms with Crippen LogP contribution in [0.4, 0.5) is 0 Å². The van der Waals surface area contributed by atoms with Gasteiger partial charge in [-0.1, -0.05) is 29.5 Å². The summed E-state index contributed by atoms with van der Waals surface area (Å²) in [4.78, 5) is 4.58. The number of aromatic nitrogens is 4. The van der Waals surface area contributed by atoms with E-state index in [0.29, 0.717) is 5.88 Å². The highest BCUT2D eigenvalue weighted by Gasteiger charge is 2.25. The fourth-order valence-electron chi connectivity index (χ4n) is 2.93. The van der Waals surface area contributed by atoms with Gasteiger partial charge in [-0.05, 0) is 30.9 Å². The van der Waals surface area contributed by atoms with Gasteiger partial charge in [0.05, 0.1) is 18.4 Å². The molecule has 3 aromatic rings. The average Bonchev–Trinajstić information content (AvgIpc) is 2.87. The molecule has 100 valence electrons. The zero-order chi connectivity index (χ0) is 13.7. The summed E-state index contributed by atoms with van der Waals surface area (Å²) in [7, 11) is 1.66. The van der Waals surface area contributed by atoms with Gasteiger partial charge in [-0.25, -0.2) is 0 Å². The van der Waals surface area contributed by atoms with E-state index in [1.54, 1.807) is 7.11 Å². The number of benzene rings is 1. The molecule has 0 amide bonds. The molecule has 0 fully saturated rings. The Morgan fingerprint density at radius 2 is 2.05 bits per heavy atom. The number of aryl methyl sites for hydroxylation is 3. The second-order valence-corrected chi connectivity index (χ2v) is 5.01. The van der Waals surface area contributed by atoms with Crippen molar-refractivity contribution in [2.45, 2.75) is 19.8 Å². The second-order valence-electron chi connectivity index (χ2n) is 5.01. The fraction of sp³-hybridized carbons (Fsp3) is 0.267. The summed E-state index contributed by atoms with van der Waals surface area (Å²) in [6, 6.07) is 8.40. The lowest BCUT2D eigenvalue weighted by Gasteiger charge is -2.21. The monoisotopic (exact) mass is 266 g/mol. The van der Waals surface area contributed by atoms with E-state index in [1.165, 1.54) is 11.1 Å². The summed E-state index contributed by atoms with van der Waals surface area (Å²) in [6.45, 7) is 1.91. The molecule has 0 saturated heterocycles. The van der Waals surface area contributed by atoms with E-state index in [9.17, 15) is 0 Å². The van der Waals surface area contributed by atoms with E-state index in [1.807, 2.05) is 17.5 Å². The van der Waals surface area contributed by atoms with Crippen LogP contribution >= 0.6 is 0 Å². The number of ether oxygens (including phenoxy) is 1. The van der Waals surface area contributed by atoms with Gasteiger partial charge < -0.3 is 4.74 Å². The Balaban J connectivity index is 2.14. The smallest absolute Gasteiger partial charge is 0.225 e.